The van der Waals surface area contributed by atoms with Gasteiger partial charge in [0, 0.05) is 24.9 Å². The van der Waals surface area contributed by atoms with Gasteiger partial charge in [-0.3, -0.25) is 10.1 Å². The van der Waals surface area contributed by atoms with Gasteiger partial charge in [0.15, 0.2) is 11.6 Å². The number of ether oxygens (including phenoxy) is 1. The molecule has 0 N–H and O–H groups in total. The van der Waals surface area contributed by atoms with Crippen molar-refractivity contribution in [3.63, 3.8) is 0 Å². The summed E-state index contributed by atoms with van der Waals surface area (Å²) in [6.45, 7) is 3.65. The first-order valence-corrected chi connectivity index (χ1v) is 9.16. The van der Waals surface area contributed by atoms with Crippen molar-refractivity contribution in [2.75, 3.05) is 24.6 Å². The van der Waals surface area contributed by atoms with Gasteiger partial charge < -0.3 is 14.2 Å². The highest BCUT2D eigenvalue weighted by Crippen LogP contribution is 2.41. The number of rotatable bonds is 6. The third-order valence-corrected chi connectivity index (χ3v) is 5.04. The summed E-state index contributed by atoms with van der Waals surface area (Å²) in [6, 6.07) is 5.25. The SMILES string of the molecule is CCOc1cccc(N2CCC(c3noc(C4CC4)n3)CC2)c1[N+](=O)[O-]. The standard InChI is InChI=1S/C18H22N4O4/c1-2-25-15-5-3-4-14(16(15)22(23)24)21-10-8-12(9-11-21)17-19-18(26-20-17)13-6-7-13/h3-5,12-13H,2,6-11H2,1H3. The summed E-state index contributed by atoms with van der Waals surface area (Å²) in [7, 11) is 0. The summed E-state index contributed by atoms with van der Waals surface area (Å²) in [4.78, 5) is 17.8. The van der Waals surface area contributed by atoms with E-state index in [1.165, 1.54) is 0 Å². The highest BCUT2D eigenvalue weighted by Gasteiger charge is 2.33. The van der Waals surface area contributed by atoms with Gasteiger partial charge in [-0.2, -0.15) is 4.98 Å². The van der Waals surface area contributed by atoms with E-state index in [1.807, 2.05) is 6.92 Å². The molecule has 1 aromatic heterocycles. The van der Waals surface area contributed by atoms with Crippen LogP contribution in [-0.4, -0.2) is 34.8 Å². The Morgan fingerprint density at radius 1 is 1.27 bits per heavy atom. The summed E-state index contributed by atoms with van der Waals surface area (Å²) in [5.41, 5.74) is 0.662. The fourth-order valence-electron chi connectivity index (χ4n) is 3.51. The third kappa shape index (κ3) is 3.23. The number of nitrogens with zero attached hydrogens (tertiary/aromatic N) is 4. The second-order valence-corrected chi connectivity index (χ2v) is 6.84. The number of para-hydroxylation sites is 1. The molecule has 2 aromatic rings. The molecule has 8 heteroatoms. The fourth-order valence-corrected chi connectivity index (χ4v) is 3.51. The van der Waals surface area contributed by atoms with Crippen LogP contribution in [0.15, 0.2) is 22.7 Å². The molecule has 2 fully saturated rings. The summed E-state index contributed by atoms with van der Waals surface area (Å²) in [5, 5.41) is 15.7. The van der Waals surface area contributed by atoms with Crippen LogP contribution in [0.1, 0.15) is 56.2 Å². The first-order valence-electron chi connectivity index (χ1n) is 9.16. The molecule has 4 rings (SSSR count). The van der Waals surface area contributed by atoms with Crippen LogP contribution in [0.4, 0.5) is 11.4 Å². The van der Waals surface area contributed by atoms with Gasteiger partial charge in [0.05, 0.1) is 11.5 Å². The Hall–Kier alpha value is -2.64. The molecule has 1 aliphatic heterocycles. The van der Waals surface area contributed by atoms with Crippen LogP contribution < -0.4 is 9.64 Å². The van der Waals surface area contributed by atoms with Crippen LogP contribution in [0, 0.1) is 10.1 Å². The molecule has 8 nitrogen and oxygen atoms in total. The van der Waals surface area contributed by atoms with E-state index in [9.17, 15) is 10.1 Å². The molecule has 0 unspecified atom stereocenters. The summed E-state index contributed by atoms with van der Waals surface area (Å²) in [6.07, 6.45) is 3.97. The first-order chi connectivity index (χ1) is 12.7. The molecule has 26 heavy (non-hydrogen) atoms. The number of nitro benzene ring substituents is 1. The van der Waals surface area contributed by atoms with E-state index in [0.717, 1.165) is 37.4 Å². The molecular weight excluding hydrogens is 336 g/mol. The minimum Gasteiger partial charge on any atom is -0.487 e. The van der Waals surface area contributed by atoms with E-state index >= 15 is 0 Å². The van der Waals surface area contributed by atoms with Crippen molar-refractivity contribution >= 4 is 11.4 Å². The van der Waals surface area contributed by atoms with Crippen molar-refractivity contribution < 1.29 is 14.2 Å². The lowest BCUT2D eigenvalue weighted by Gasteiger charge is -2.32. The molecule has 0 radical (unpaired) electrons. The molecule has 2 heterocycles. The second kappa shape index (κ2) is 6.93. The molecule has 1 saturated heterocycles. The molecule has 0 bridgehead atoms. The van der Waals surface area contributed by atoms with Crippen molar-refractivity contribution in [2.24, 2.45) is 0 Å². The maximum atomic E-state index is 11.6. The predicted molar refractivity (Wildman–Crippen MR) is 94.7 cm³/mol. The smallest absolute Gasteiger partial charge is 0.333 e. The van der Waals surface area contributed by atoms with Gasteiger partial charge in [-0.1, -0.05) is 11.2 Å². The zero-order valence-electron chi connectivity index (χ0n) is 14.8. The fraction of sp³-hybridized carbons (Fsp3) is 0.556. The van der Waals surface area contributed by atoms with Gasteiger partial charge in [-0.05, 0) is 44.7 Å². The molecule has 138 valence electrons. The van der Waals surface area contributed by atoms with Gasteiger partial charge in [0.2, 0.25) is 5.89 Å². The number of nitro groups is 1. The number of hydrogen-bond donors (Lipinski definition) is 0. The van der Waals surface area contributed by atoms with E-state index < -0.39 is 0 Å². The Morgan fingerprint density at radius 3 is 2.69 bits per heavy atom. The van der Waals surface area contributed by atoms with Crippen LogP contribution in [0.5, 0.6) is 5.75 Å². The molecule has 1 aromatic carbocycles. The van der Waals surface area contributed by atoms with Gasteiger partial charge in [0.25, 0.3) is 0 Å². The summed E-state index contributed by atoms with van der Waals surface area (Å²) < 4.78 is 10.8. The van der Waals surface area contributed by atoms with E-state index in [0.29, 0.717) is 37.1 Å². The molecular formula is C18H22N4O4. The molecule has 0 amide bonds. The number of benzene rings is 1. The molecule has 0 atom stereocenters. The van der Waals surface area contributed by atoms with Crippen LogP contribution >= 0.6 is 0 Å². The zero-order valence-corrected chi connectivity index (χ0v) is 14.8. The van der Waals surface area contributed by atoms with Crippen molar-refractivity contribution in [3.05, 3.63) is 40.0 Å². The number of piperidine rings is 1. The van der Waals surface area contributed by atoms with Crippen molar-refractivity contribution in [3.8, 4) is 5.75 Å². The Balaban J connectivity index is 1.48. The van der Waals surface area contributed by atoms with Gasteiger partial charge in [-0.25, -0.2) is 0 Å². The quantitative estimate of drug-likeness (QED) is 0.574. The lowest BCUT2D eigenvalue weighted by molar-refractivity contribution is -0.385. The lowest BCUT2D eigenvalue weighted by Crippen LogP contribution is -2.33. The topological polar surface area (TPSA) is 94.5 Å². The molecule has 0 spiro atoms. The molecule has 1 saturated carbocycles. The zero-order chi connectivity index (χ0) is 18.1. The van der Waals surface area contributed by atoms with E-state index in [2.05, 4.69) is 15.0 Å². The van der Waals surface area contributed by atoms with Gasteiger partial charge in [-0.15, -0.1) is 0 Å². The third-order valence-electron chi connectivity index (χ3n) is 5.04. The van der Waals surface area contributed by atoms with E-state index in [-0.39, 0.29) is 16.5 Å². The first kappa shape index (κ1) is 16.8. The van der Waals surface area contributed by atoms with Gasteiger partial charge >= 0.3 is 5.69 Å². The van der Waals surface area contributed by atoms with Crippen molar-refractivity contribution in [1.82, 2.24) is 10.1 Å². The Labute approximate surface area is 151 Å². The Morgan fingerprint density at radius 2 is 2.04 bits per heavy atom. The Kier molecular flexibility index (Phi) is 4.48. The average molecular weight is 358 g/mol. The highest BCUT2D eigenvalue weighted by atomic mass is 16.6. The monoisotopic (exact) mass is 358 g/mol. The number of aromatic nitrogens is 2. The Bertz CT molecular complexity index is 794. The second-order valence-electron chi connectivity index (χ2n) is 6.84. The van der Waals surface area contributed by atoms with Gasteiger partial charge in [0.1, 0.15) is 5.69 Å². The maximum Gasteiger partial charge on any atom is 0.333 e. The van der Waals surface area contributed by atoms with Crippen LogP contribution in [0.3, 0.4) is 0 Å². The number of hydrogen-bond acceptors (Lipinski definition) is 7. The minimum atomic E-state index is -0.354. The average Bonchev–Trinajstić information content (AvgIpc) is 3.39. The van der Waals surface area contributed by atoms with Crippen molar-refractivity contribution in [2.45, 2.75) is 44.4 Å². The largest absolute Gasteiger partial charge is 0.487 e. The summed E-state index contributed by atoms with van der Waals surface area (Å²) >= 11 is 0. The molecule has 2 aliphatic rings. The number of anilines is 1. The summed E-state index contributed by atoms with van der Waals surface area (Å²) in [5.74, 6) is 2.58. The molecule has 1 aliphatic carbocycles. The highest BCUT2D eigenvalue weighted by molar-refractivity contribution is 5.70. The predicted octanol–water partition coefficient (Wildman–Crippen LogP) is 3.64. The lowest BCUT2D eigenvalue weighted by atomic mass is 9.95. The van der Waals surface area contributed by atoms with Crippen LogP contribution in [0.2, 0.25) is 0 Å². The van der Waals surface area contributed by atoms with Crippen LogP contribution in [0.25, 0.3) is 0 Å². The minimum absolute atomic E-state index is 0.0448. The van der Waals surface area contributed by atoms with E-state index in [4.69, 9.17) is 9.26 Å². The normalized spacial score (nSPS) is 18.1. The van der Waals surface area contributed by atoms with E-state index in [1.54, 1.807) is 18.2 Å². The maximum absolute atomic E-state index is 11.6. The van der Waals surface area contributed by atoms with Crippen LogP contribution in [-0.2, 0) is 0 Å². The van der Waals surface area contributed by atoms with Crippen molar-refractivity contribution in [1.29, 1.82) is 0 Å².